The normalized spacial score (nSPS) is 16.8. The summed E-state index contributed by atoms with van der Waals surface area (Å²) in [6, 6.07) is 4.28. The molecule has 0 spiro atoms. The third kappa shape index (κ3) is 2.14. The molecule has 0 N–H and O–H groups in total. The first-order valence-corrected chi connectivity index (χ1v) is 6.91. The van der Waals surface area contributed by atoms with Gasteiger partial charge in [-0.15, -0.1) is 11.6 Å². The summed E-state index contributed by atoms with van der Waals surface area (Å²) in [7, 11) is 0. The molecular weight excluding hydrogens is 267 g/mol. The van der Waals surface area contributed by atoms with Crippen molar-refractivity contribution < 1.29 is 4.39 Å². The van der Waals surface area contributed by atoms with Gasteiger partial charge in [-0.2, -0.15) is 0 Å². The maximum absolute atomic E-state index is 13.3. The van der Waals surface area contributed by atoms with Gasteiger partial charge in [-0.3, -0.25) is 9.36 Å². The summed E-state index contributed by atoms with van der Waals surface area (Å²) in [6.07, 6.45) is 2.62. The van der Waals surface area contributed by atoms with Gasteiger partial charge in [-0.25, -0.2) is 9.37 Å². The van der Waals surface area contributed by atoms with Crippen LogP contribution in [0.5, 0.6) is 0 Å². The van der Waals surface area contributed by atoms with E-state index in [4.69, 9.17) is 11.6 Å². The highest BCUT2D eigenvalue weighted by Crippen LogP contribution is 2.37. The Bertz CT molecular complexity index is 694. The minimum Gasteiger partial charge on any atom is -0.292 e. The first kappa shape index (κ1) is 12.6. The molecule has 100 valence electrons. The molecule has 1 heterocycles. The summed E-state index contributed by atoms with van der Waals surface area (Å²) in [6.45, 7) is 1.95. The highest BCUT2D eigenvalue weighted by molar-refractivity contribution is 6.20. The monoisotopic (exact) mass is 280 g/mol. The third-order valence-electron chi connectivity index (χ3n) is 3.44. The van der Waals surface area contributed by atoms with Crippen LogP contribution in [-0.2, 0) is 0 Å². The largest absolute Gasteiger partial charge is 0.292 e. The molecule has 1 aliphatic carbocycles. The Balaban J connectivity index is 2.33. The van der Waals surface area contributed by atoms with Crippen molar-refractivity contribution in [3.8, 4) is 0 Å². The molecule has 0 aliphatic heterocycles. The summed E-state index contributed by atoms with van der Waals surface area (Å²) < 4.78 is 14.9. The first-order valence-electron chi connectivity index (χ1n) is 6.47. The molecule has 0 bridgehead atoms. The van der Waals surface area contributed by atoms with E-state index in [1.165, 1.54) is 18.2 Å². The van der Waals surface area contributed by atoms with E-state index < -0.39 is 5.82 Å². The van der Waals surface area contributed by atoms with Crippen molar-refractivity contribution in [3.05, 3.63) is 40.2 Å². The summed E-state index contributed by atoms with van der Waals surface area (Å²) >= 11 is 6.27. The van der Waals surface area contributed by atoms with Crippen LogP contribution in [0, 0.1) is 5.82 Å². The molecule has 3 nitrogen and oxygen atoms in total. The average molecular weight is 281 g/mol. The first-order chi connectivity index (χ1) is 9.11. The number of fused-ring (bicyclic) bond motifs is 1. The summed E-state index contributed by atoms with van der Waals surface area (Å²) in [5, 5.41) is 0.0402. The second-order valence-corrected chi connectivity index (χ2v) is 5.44. The van der Waals surface area contributed by atoms with Crippen LogP contribution in [-0.4, -0.2) is 9.55 Å². The number of rotatable bonds is 3. The predicted octanol–water partition coefficient (Wildman–Crippen LogP) is 3.56. The lowest BCUT2D eigenvalue weighted by Gasteiger charge is -2.15. The Hall–Kier alpha value is -1.42. The predicted molar refractivity (Wildman–Crippen MR) is 73.1 cm³/mol. The van der Waals surface area contributed by atoms with Crippen molar-refractivity contribution >= 4 is 22.5 Å². The zero-order valence-electron chi connectivity index (χ0n) is 10.6. The lowest BCUT2D eigenvalue weighted by atomic mass is 10.2. The molecule has 1 aliphatic rings. The van der Waals surface area contributed by atoms with Crippen molar-refractivity contribution in [1.29, 1.82) is 0 Å². The molecule has 19 heavy (non-hydrogen) atoms. The molecule has 1 aromatic carbocycles. The van der Waals surface area contributed by atoms with Crippen LogP contribution < -0.4 is 5.56 Å². The lowest BCUT2D eigenvalue weighted by Crippen LogP contribution is -2.25. The van der Waals surface area contributed by atoms with Gasteiger partial charge in [0.05, 0.1) is 16.3 Å². The van der Waals surface area contributed by atoms with E-state index in [-0.39, 0.29) is 17.0 Å². The standard InChI is InChI=1S/C14H14ClFN2O/c1-2-11(15)13-17-12-6-3-8(16)7-10(12)14(19)18(13)9-4-5-9/h3,6-7,9,11H,2,4-5H2,1H3/t11-/m1/s1. The molecule has 2 aromatic rings. The van der Waals surface area contributed by atoms with E-state index in [0.29, 0.717) is 23.1 Å². The van der Waals surface area contributed by atoms with Gasteiger partial charge >= 0.3 is 0 Å². The summed E-state index contributed by atoms with van der Waals surface area (Å²) in [4.78, 5) is 17.0. The Kier molecular flexibility index (Phi) is 3.05. The molecule has 1 saturated carbocycles. The van der Waals surface area contributed by atoms with Crippen LogP contribution in [0.2, 0.25) is 0 Å². The van der Waals surface area contributed by atoms with Crippen molar-refractivity contribution in [3.63, 3.8) is 0 Å². The van der Waals surface area contributed by atoms with E-state index >= 15 is 0 Å². The van der Waals surface area contributed by atoms with Gasteiger partial charge in [-0.1, -0.05) is 6.92 Å². The molecule has 1 atom stereocenters. The number of nitrogens with zero attached hydrogens (tertiary/aromatic N) is 2. The maximum Gasteiger partial charge on any atom is 0.261 e. The maximum atomic E-state index is 13.3. The fourth-order valence-electron chi connectivity index (χ4n) is 2.28. The van der Waals surface area contributed by atoms with Crippen molar-refractivity contribution in [2.75, 3.05) is 0 Å². The molecule has 0 saturated heterocycles. The van der Waals surface area contributed by atoms with Gasteiger partial charge in [0.15, 0.2) is 0 Å². The molecule has 0 unspecified atom stereocenters. The molecule has 1 aromatic heterocycles. The van der Waals surface area contributed by atoms with E-state index in [1.807, 2.05) is 6.92 Å². The van der Waals surface area contributed by atoms with Gasteiger partial charge in [0, 0.05) is 6.04 Å². The Morgan fingerprint density at radius 2 is 2.26 bits per heavy atom. The quantitative estimate of drug-likeness (QED) is 0.806. The number of hydrogen-bond acceptors (Lipinski definition) is 2. The van der Waals surface area contributed by atoms with Gasteiger partial charge in [0.1, 0.15) is 11.6 Å². The second-order valence-electron chi connectivity index (χ2n) is 4.91. The highest BCUT2D eigenvalue weighted by atomic mass is 35.5. The molecule has 0 amide bonds. The van der Waals surface area contributed by atoms with Gasteiger partial charge in [0.2, 0.25) is 0 Å². The summed E-state index contributed by atoms with van der Waals surface area (Å²) in [5.41, 5.74) is 0.332. The van der Waals surface area contributed by atoms with Crippen molar-refractivity contribution in [1.82, 2.24) is 9.55 Å². The fraction of sp³-hybridized carbons (Fsp3) is 0.429. The summed E-state index contributed by atoms with van der Waals surface area (Å²) in [5.74, 6) is 0.190. The number of hydrogen-bond donors (Lipinski definition) is 0. The number of alkyl halides is 1. The number of benzene rings is 1. The van der Waals surface area contributed by atoms with Crippen molar-refractivity contribution in [2.45, 2.75) is 37.6 Å². The van der Waals surface area contributed by atoms with E-state index in [0.717, 1.165) is 12.8 Å². The van der Waals surface area contributed by atoms with Crippen LogP contribution in [0.15, 0.2) is 23.0 Å². The van der Waals surface area contributed by atoms with Crippen molar-refractivity contribution in [2.24, 2.45) is 0 Å². The Labute approximate surface area is 115 Å². The zero-order chi connectivity index (χ0) is 13.6. The molecule has 5 heteroatoms. The Morgan fingerprint density at radius 1 is 1.53 bits per heavy atom. The molecule has 1 fully saturated rings. The number of halogens is 2. The zero-order valence-corrected chi connectivity index (χ0v) is 11.3. The van der Waals surface area contributed by atoms with Crippen LogP contribution in [0.25, 0.3) is 10.9 Å². The second kappa shape index (κ2) is 4.60. The van der Waals surface area contributed by atoms with Gasteiger partial charge < -0.3 is 0 Å². The van der Waals surface area contributed by atoms with E-state index in [9.17, 15) is 9.18 Å². The smallest absolute Gasteiger partial charge is 0.261 e. The van der Waals surface area contributed by atoms with Gasteiger partial charge in [0.25, 0.3) is 5.56 Å². The van der Waals surface area contributed by atoms with Gasteiger partial charge in [-0.05, 0) is 37.5 Å². The highest BCUT2D eigenvalue weighted by Gasteiger charge is 2.30. The topological polar surface area (TPSA) is 34.9 Å². The minimum atomic E-state index is -0.417. The molecule has 3 rings (SSSR count). The van der Waals surface area contributed by atoms with E-state index in [1.54, 1.807) is 4.57 Å². The third-order valence-corrected chi connectivity index (χ3v) is 3.94. The van der Waals surface area contributed by atoms with Crippen LogP contribution in [0.4, 0.5) is 4.39 Å². The van der Waals surface area contributed by atoms with E-state index in [2.05, 4.69) is 4.98 Å². The molecule has 0 radical (unpaired) electrons. The minimum absolute atomic E-state index is 0.176. The van der Waals surface area contributed by atoms with Crippen LogP contribution in [0.1, 0.15) is 43.4 Å². The fourth-order valence-corrected chi connectivity index (χ4v) is 2.43. The number of aromatic nitrogens is 2. The SMILES string of the molecule is CC[C@@H](Cl)c1nc2ccc(F)cc2c(=O)n1C1CC1. The van der Waals surface area contributed by atoms with Crippen LogP contribution >= 0.6 is 11.6 Å². The van der Waals surface area contributed by atoms with Crippen LogP contribution in [0.3, 0.4) is 0 Å². The Morgan fingerprint density at radius 3 is 2.89 bits per heavy atom. The molecular formula is C14H14ClFN2O. The average Bonchev–Trinajstić information content (AvgIpc) is 3.22. The lowest BCUT2D eigenvalue weighted by molar-refractivity contribution is 0.615.